The van der Waals surface area contributed by atoms with Crippen molar-refractivity contribution >= 4 is 27.5 Å². The van der Waals surface area contributed by atoms with Gasteiger partial charge in [0.05, 0.1) is 12.0 Å². The van der Waals surface area contributed by atoms with Crippen LogP contribution in [0.1, 0.15) is 16.7 Å². The first kappa shape index (κ1) is 22.4. The van der Waals surface area contributed by atoms with Crippen LogP contribution in [-0.4, -0.2) is 15.5 Å². The number of hydrogen-bond donors (Lipinski definition) is 0. The summed E-state index contributed by atoms with van der Waals surface area (Å²) in [7, 11) is -2.49. The Bertz CT molecular complexity index is 1240. The van der Waals surface area contributed by atoms with Crippen molar-refractivity contribution in [3.63, 3.8) is 0 Å². The molecule has 0 aliphatic heterocycles. The van der Waals surface area contributed by atoms with E-state index in [9.17, 15) is 13.7 Å². The molecule has 0 fully saturated rings. The number of nitriles is 1. The van der Waals surface area contributed by atoms with E-state index in [-0.39, 0.29) is 16.4 Å². The zero-order valence-corrected chi connectivity index (χ0v) is 18.6. The van der Waals surface area contributed by atoms with Crippen molar-refractivity contribution < 1.29 is 17.9 Å². The normalized spacial score (nSPS) is 11.6. The zero-order chi connectivity index (χ0) is 22.4. The van der Waals surface area contributed by atoms with E-state index in [1.165, 1.54) is 25.3 Å². The van der Waals surface area contributed by atoms with Gasteiger partial charge >= 0.3 is 0 Å². The molecule has 0 bridgehead atoms. The molecule has 0 spiro atoms. The molecule has 3 aromatic rings. The number of allylic oxidation sites excluding steroid dienone is 1. The van der Waals surface area contributed by atoms with E-state index >= 15 is 0 Å². The van der Waals surface area contributed by atoms with Crippen molar-refractivity contribution in [2.45, 2.75) is 18.4 Å². The fourth-order valence-electron chi connectivity index (χ4n) is 2.85. The SMILES string of the molecule is COc1cccc(C=C(C#N)S(=O)(=O)c2ccc(C)cc2)c1OCc1ccc(Cl)cc1. The quantitative estimate of drug-likeness (QED) is 0.437. The molecule has 31 heavy (non-hydrogen) atoms. The Labute approximate surface area is 187 Å². The summed E-state index contributed by atoms with van der Waals surface area (Å²) >= 11 is 5.92. The minimum absolute atomic E-state index is 0.0532. The van der Waals surface area contributed by atoms with Crippen molar-refractivity contribution in [3.8, 4) is 17.6 Å². The molecule has 0 amide bonds. The van der Waals surface area contributed by atoms with Crippen LogP contribution < -0.4 is 9.47 Å². The van der Waals surface area contributed by atoms with Crippen LogP contribution in [0.25, 0.3) is 6.08 Å². The molecule has 0 N–H and O–H groups in total. The number of sulfone groups is 1. The first-order valence-electron chi connectivity index (χ1n) is 9.33. The third kappa shape index (κ3) is 5.26. The van der Waals surface area contributed by atoms with Crippen molar-refractivity contribution in [2.75, 3.05) is 7.11 Å². The maximum atomic E-state index is 13.0. The summed E-state index contributed by atoms with van der Waals surface area (Å²) in [5.41, 5.74) is 2.21. The van der Waals surface area contributed by atoms with E-state index in [0.29, 0.717) is 22.1 Å². The number of hydrogen-bond acceptors (Lipinski definition) is 5. The Kier molecular flexibility index (Phi) is 7.01. The maximum absolute atomic E-state index is 13.0. The lowest BCUT2D eigenvalue weighted by molar-refractivity contribution is 0.284. The lowest BCUT2D eigenvalue weighted by Gasteiger charge is -2.14. The Balaban J connectivity index is 2.00. The third-order valence-electron chi connectivity index (χ3n) is 4.54. The van der Waals surface area contributed by atoms with E-state index in [1.54, 1.807) is 42.5 Å². The predicted molar refractivity (Wildman–Crippen MR) is 121 cm³/mol. The van der Waals surface area contributed by atoms with E-state index in [4.69, 9.17) is 21.1 Å². The molecule has 0 heterocycles. The Morgan fingerprint density at radius 3 is 2.35 bits per heavy atom. The van der Waals surface area contributed by atoms with Gasteiger partial charge in [0.15, 0.2) is 11.5 Å². The molecule has 3 aromatic carbocycles. The van der Waals surface area contributed by atoms with Gasteiger partial charge < -0.3 is 9.47 Å². The number of halogens is 1. The Morgan fingerprint density at radius 1 is 1.06 bits per heavy atom. The molecule has 7 heteroatoms. The second-order valence-corrected chi connectivity index (χ2v) is 9.09. The molecule has 0 saturated carbocycles. The average molecular weight is 454 g/mol. The van der Waals surface area contributed by atoms with Crippen LogP contribution in [-0.2, 0) is 16.4 Å². The number of aryl methyl sites for hydroxylation is 1. The molecule has 0 saturated heterocycles. The lowest BCUT2D eigenvalue weighted by atomic mass is 10.1. The first-order chi connectivity index (χ1) is 14.8. The van der Waals surface area contributed by atoms with Crippen LogP contribution in [0.3, 0.4) is 0 Å². The fourth-order valence-corrected chi connectivity index (χ4v) is 4.13. The van der Waals surface area contributed by atoms with Gasteiger partial charge in [-0.2, -0.15) is 5.26 Å². The number of ether oxygens (including phenoxy) is 2. The van der Waals surface area contributed by atoms with E-state index in [2.05, 4.69) is 0 Å². The smallest absolute Gasteiger partial charge is 0.216 e. The zero-order valence-electron chi connectivity index (χ0n) is 17.0. The number of rotatable bonds is 7. The van der Waals surface area contributed by atoms with Gasteiger partial charge in [0.2, 0.25) is 9.84 Å². The van der Waals surface area contributed by atoms with Crippen molar-refractivity contribution in [1.82, 2.24) is 0 Å². The van der Waals surface area contributed by atoms with Crippen LogP contribution in [0.4, 0.5) is 0 Å². The Morgan fingerprint density at radius 2 is 1.74 bits per heavy atom. The van der Waals surface area contributed by atoms with Gasteiger partial charge in [0.25, 0.3) is 0 Å². The number of methoxy groups -OCH3 is 1. The standard InChI is InChI=1S/C24H20ClNO4S/c1-17-6-12-21(13-7-17)31(27,28)22(15-26)14-19-4-3-5-23(29-2)24(19)30-16-18-8-10-20(25)11-9-18/h3-14H,16H2,1-2H3. The molecule has 0 aliphatic rings. The van der Waals surface area contributed by atoms with Crippen LogP contribution in [0.2, 0.25) is 5.02 Å². The lowest BCUT2D eigenvalue weighted by Crippen LogP contribution is -2.04. The molecular formula is C24H20ClNO4S. The second-order valence-electron chi connectivity index (χ2n) is 6.73. The number of para-hydroxylation sites is 1. The topological polar surface area (TPSA) is 76.4 Å². The van der Waals surface area contributed by atoms with E-state index in [1.807, 2.05) is 25.1 Å². The minimum Gasteiger partial charge on any atom is -0.493 e. The average Bonchev–Trinajstić information content (AvgIpc) is 2.77. The van der Waals surface area contributed by atoms with Gasteiger partial charge in [-0.1, -0.05) is 53.6 Å². The summed E-state index contributed by atoms with van der Waals surface area (Å²) in [4.78, 5) is -0.335. The van der Waals surface area contributed by atoms with Gasteiger partial charge in [-0.05, 0) is 48.9 Å². The molecule has 0 atom stereocenters. The third-order valence-corrected chi connectivity index (χ3v) is 6.48. The summed E-state index contributed by atoms with van der Waals surface area (Å²) < 4.78 is 37.3. The minimum atomic E-state index is -3.99. The highest BCUT2D eigenvalue weighted by Crippen LogP contribution is 2.34. The predicted octanol–water partition coefficient (Wildman–Crippen LogP) is 5.57. The fraction of sp³-hybridized carbons (Fsp3) is 0.125. The highest BCUT2D eigenvalue weighted by atomic mass is 35.5. The van der Waals surface area contributed by atoms with Crippen LogP contribution in [0.5, 0.6) is 11.5 Å². The summed E-state index contributed by atoms with van der Waals surface area (Å²) in [6.07, 6.45) is 1.30. The largest absolute Gasteiger partial charge is 0.493 e. The van der Waals surface area contributed by atoms with Crippen molar-refractivity contribution in [3.05, 3.63) is 93.3 Å². The molecule has 0 unspecified atom stereocenters. The Hall–Kier alpha value is -3.27. The molecule has 3 rings (SSSR count). The summed E-state index contributed by atoms with van der Waals surface area (Å²) in [6, 6.07) is 20.4. The summed E-state index contributed by atoms with van der Waals surface area (Å²) in [5, 5.41) is 10.2. The van der Waals surface area contributed by atoms with Crippen molar-refractivity contribution in [1.29, 1.82) is 5.26 Å². The van der Waals surface area contributed by atoms with Crippen LogP contribution in [0.15, 0.2) is 76.5 Å². The second kappa shape index (κ2) is 9.69. The molecular weight excluding hydrogens is 434 g/mol. The van der Waals surface area contributed by atoms with Gasteiger partial charge in [-0.15, -0.1) is 0 Å². The van der Waals surface area contributed by atoms with Crippen LogP contribution >= 0.6 is 11.6 Å². The van der Waals surface area contributed by atoms with Gasteiger partial charge in [-0.3, -0.25) is 0 Å². The van der Waals surface area contributed by atoms with E-state index in [0.717, 1.165) is 11.1 Å². The molecule has 0 aromatic heterocycles. The molecule has 0 aliphatic carbocycles. The number of benzene rings is 3. The highest BCUT2D eigenvalue weighted by Gasteiger charge is 2.22. The van der Waals surface area contributed by atoms with E-state index < -0.39 is 9.84 Å². The number of nitrogens with zero attached hydrogens (tertiary/aromatic N) is 1. The molecule has 0 radical (unpaired) electrons. The summed E-state index contributed by atoms with van der Waals surface area (Å²) in [6.45, 7) is 2.07. The highest BCUT2D eigenvalue weighted by molar-refractivity contribution is 7.95. The maximum Gasteiger partial charge on any atom is 0.216 e. The van der Waals surface area contributed by atoms with Crippen LogP contribution in [0, 0.1) is 18.3 Å². The monoisotopic (exact) mass is 453 g/mol. The molecule has 5 nitrogen and oxygen atoms in total. The first-order valence-corrected chi connectivity index (χ1v) is 11.2. The van der Waals surface area contributed by atoms with Gasteiger partial charge in [0, 0.05) is 10.6 Å². The summed E-state index contributed by atoms with van der Waals surface area (Å²) in [5.74, 6) is 0.763. The van der Waals surface area contributed by atoms with Crippen molar-refractivity contribution in [2.24, 2.45) is 0 Å². The van der Waals surface area contributed by atoms with Gasteiger partial charge in [-0.25, -0.2) is 8.42 Å². The van der Waals surface area contributed by atoms with Gasteiger partial charge in [0.1, 0.15) is 17.6 Å². The molecule has 158 valence electrons.